The van der Waals surface area contributed by atoms with Crippen LogP contribution in [0.2, 0.25) is 0 Å². The monoisotopic (exact) mass is 277 g/mol. The van der Waals surface area contributed by atoms with E-state index in [4.69, 9.17) is 5.73 Å². The zero-order valence-electron chi connectivity index (χ0n) is 12.1. The van der Waals surface area contributed by atoms with Crippen LogP contribution in [0.1, 0.15) is 35.8 Å². The van der Waals surface area contributed by atoms with Crippen LogP contribution in [0.25, 0.3) is 0 Å². The third kappa shape index (κ3) is 2.73. The lowest BCUT2D eigenvalue weighted by Crippen LogP contribution is -2.18. The first-order chi connectivity index (χ1) is 10.3. The van der Waals surface area contributed by atoms with Crippen LogP contribution in [-0.2, 0) is 0 Å². The number of imidazole rings is 1. The number of hydrogen-bond acceptors (Lipinski definition) is 2. The van der Waals surface area contributed by atoms with Crippen molar-refractivity contribution in [3.8, 4) is 0 Å². The fourth-order valence-electron chi connectivity index (χ4n) is 2.67. The van der Waals surface area contributed by atoms with E-state index in [0.29, 0.717) is 0 Å². The molecule has 3 heteroatoms. The first kappa shape index (κ1) is 13.6. The molecular formula is C18H19N3. The summed E-state index contributed by atoms with van der Waals surface area (Å²) in [7, 11) is 0. The Hall–Kier alpha value is -2.39. The highest BCUT2D eigenvalue weighted by Crippen LogP contribution is 2.29. The van der Waals surface area contributed by atoms with E-state index in [1.165, 1.54) is 11.1 Å². The normalized spacial score (nSPS) is 12.5. The van der Waals surface area contributed by atoms with Crippen LogP contribution in [0, 0.1) is 0 Å². The standard InChI is InChI=1S/C18H19N3/c1-14(19)17-12-20-13-21(17)18(15-8-4-2-5-9-15)16-10-6-3-7-11-16/h2-14,18H,19H2,1H3/t14-/m0/s1. The van der Waals surface area contributed by atoms with E-state index in [9.17, 15) is 0 Å². The lowest BCUT2D eigenvalue weighted by atomic mass is 9.98. The Morgan fingerprint density at radius 1 is 0.905 bits per heavy atom. The first-order valence-corrected chi connectivity index (χ1v) is 7.14. The van der Waals surface area contributed by atoms with E-state index >= 15 is 0 Å². The summed E-state index contributed by atoms with van der Waals surface area (Å²) in [6.45, 7) is 1.99. The molecule has 0 radical (unpaired) electrons. The van der Waals surface area contributed by atoms with E-state index in [1.807, 2.05) is 31.6 Å². The van der Waals surface area contributed by atoms with E-state index in [-0.39, 0.29) is 12.1 Å². The van der Waals surface area contributed by atoms with Crippen LogP contribution in [0.3, 0.4) is 0 Å². The van der Waals surface area contributed by atoms with Crippen molar-refractivity contribution in [2.24, 2.45) is 5.73 Å². The fraction of sp³-hybridized carbons (Fsp3) is 0.167. The first-order valence-electron chi connectivity index (χ1n) is 7.14. The molecule has 2 aromatic carbocycles. The third-order valence-electron chi connectivity index (χ3n) is 3.67. The molecule has 1 heterocycles. The predicted octanol–water partition coefficient (Wildman–Crippen LogP) is 3.54. The molecule has 2 N–H and O–H groups in total. The number of rotatable bonds is 4. The van der Waals surface area contributed by atoms with Crippen molar-refractivity contribution in [1.82, 2.24) is 9.55 Å². The van der Waals surface area contributed by atoms with Gasteiger partial charge in [0.1, 0.15) is 0 Å². The van der Waals surface area contributed by atoms with E-state index in [1.54, 1.807) is 0 Å². The highest BCUT2D eigenvalue weighted by molar-refractivity contribution is 5.33. The Kier molecular flexibility index (Phi) is 3.84. The van der Waals surface area contributed by atoms with Gasteiger partial charge in [-0.1, -0.05) is 60.7 Å². The Balaban J connectivity index is 2.15. The maximum absolute atomic E-state index is 6.09. The molecule has 3 aromatic rings. The number of nitrogens with zero attached hydrogens (tertiary/aromatic N) is 2. The molecule has 106 valence electrons. The second kappa shape index (κ2) is 5.94. The minimum Gasteiger partial charge on any atom is -0.323 e. The summed E-state index contributed by atoms with van der Waals surface area (Å²) >= 11 is 0. The molecule has 0 saturated carbocycles. The fourth-order valence-corrected chi connectivity index (χ4v) is 2.67. The van der Waals surface area contributed by atoms with Gasteiger partial charge in [-0.25, -0.2) is 4.98 Å². The van der Waals surface area contributed by atoms with Crippen molar-refractivity contribution < 1.29 is 0 Å². The van der Waals surface area contributed by atoms with Gasteiger partial charge in [0, 0.05) is 12.2 Å². The van der Waals surface area contributed by atoms with Gasteiger partial charge in [-0.15, -0.1) is 0 Å². The molecule has 21 heavy (non-hydrogen) atoms. The lowest BCUT2D eigenvalue weighted by molar-refractivity contribution is 0.608. The van der Waals surface area contributed by atoms with Crippen molar-refractivity contribution in [1.29, 1.82) is 0 Å². The summed E-state index contributed by atoms with van der Waals surface area (Å²) in [5, 5.41) is 0. The van der Waals surface area contributed by atoms with E-state index in [2.05, 4.69) is 58.1 Å². The second-order valence-electron chi connectivity index (χ2n) is 5.24. The summed E-state index contributed by atoms with van der Waals surface area (Å²) in [6, 6.07) is 20.9. The Labute approximate surface area is 125 Å². The maximum Gasteiger partial charge on any atom is 0.0957 e. The molecule has 0 saturated heterocycles. The van der Waals surface area contributed by atoms with Gasteiger partial charge in [-0.05, 0) is 18.1 Å². The van der Waals surface area contributed by atoms with Gasteiger partial charge in [0.2, 0.25) is 0 Å². The minimum absolute atomic E-state index is 0.0533. The van der Waals surface area contributed by atoms with Crippen LogP contribution in [0.4, 0.5) is 0 Å². The second-order valence-corrected chi connectivity index (χ2v) is 5.24. The Bertz CT molecular complexity index is 647. The zero-order chi connectivity index (χ0) is 14.7. The average molecular weight is 277 g/mol. The minimum atomic E-state index is -0.0533. The maximum atomic E-state index is 6.09. The van der Waals surface area contributed by atoms with Crippen LogP contribution in [-0.4, -0.2) is 9.55 Å². The van der Waals surface area contributed by atoms with Crippen LogP contribution in [0.5, 0.6) is 0 Å². The Morgan fingerprint density at radius 3 is 1.90 bits per heavy atom. The molecular weight excluding hydrogens is 258 g/mol. The molecule has 0 aliphatic heterocycles. The van der Waals surface area contributed by atoms with Crippen molar-refractivity contribution in [3.05, 3.63) is 90.0 Å². The quantitative estimate of drug-likeness (QED) is 0.792. The molecule has 3 nitrogen and oxygen atoms in total. The highest BCUT2D eigenvalue weighted by atomic mass is 15.1. The summed E-state index contributed by atoms with van der Waals surface area (Å²) in [4.78, 5) is 4.30. The van der Waals surface area contributed by atoms with Gasteiger partial charge in [0.15, 0.2) is 0 Å². The molecule has 0 aliphatic carbocycles. The molecule has 0 spiro atoms. The zero-order valence-corrected chi connectivity index (χ0v) is 12.1. The molecule has 1 aromatic heterocycles. The van der Waals surface area contributed by atoms with Gasteiger partial charge >= 0.3 is 0 Å². The van der Waals surface area contributed by atoms with Gasteiger partial charge in [0.25, 0.3) is 0 Å². The molecule has 0 amide bonds. The lowest BCUT2D eigenvalue weighted by Gasteiger charge is -2.23. The van der Waals surface area contributed by atoms with Crippen molar-refractivity contribution in [2.45, 2.75) is 19.0 Å². The number of aromatic nitrogens is 2. The third-order valence-corrected chi connectivity index (χ3v) is 3.67. The highest BCUT2D eigenvalue weighted by Gasteiger charge is 2.19. The molecule has 0 fully saturated rings. The predicted molar refractivity (Wildman–Crippen MR) is 85.0 cm³/mol. The van der Waals surface area contributed by atoms with Gasteiger partial charge in [-0.3, -0.25) is 0 Å². The molecule has 0 unspecified atom stereocenters. The average Bonchev–Trinajstić information content (AvgIpc) is 2.99. The molecule has 0 aliphatic rings. The van der Waals surface area contributed by atoms with Crippen molar-refractivity contribution in [2.75, 3.05) is 0 Å². The van der Waals surface area contributed by atoms with Gasteiger partial charge in [0.05, 0.1) is 18.1 Å². The summed E-state index contributed by atoms with van der Waals surface area (Å²) < 4.78 is 2.16. The number of benzene rings is 2. The van der Waals surface area contributed by atoms with Gasteiger partial charge in [-0.2, -0.15) is 0 Å². The molecule has 3 rings (SSSR count). The van der Waals surface area contributed by atoms with Gasteiger partial charge < -0.3 is 10.3 Å². The number of hydrogen-bond donors (Lipinski definition) is 1. The van der Waals surface area contributed by atoms with E-state index in [0.717, 1.165) is 5.69 Å². The summed E-state index contributed by atoms with van der Waals surface area (Å²) in [5.41, 5.74) is 9.58. The largest absolute Gasteiger partial charge is 0.323 e. The Morgan fingerprint density at radius 2 is 1.43 bits per heavy atom. The summed E-state index contributed by atoms with van der Waals surface area (Å²) in [5.74, 6) is 0. The van der Waals surface area contributed by atoms with Crippen LogP contribution >= 0.6 is 0 Å². The summed E-state index contributed by atoms with van der Waals surface area (Å²) in [6.07, 6.45) is 3.72. The van der Waals surface area contributed by atoms with Crippen molar-refractivity contribution in [3.63, 3.8) is 0 Å². The SMILES string of the molecule is C[C@H](N)c1cncn1C(c1ccccc1)c1ccccc1. The van der Waals surface area contributed by atoms with Crippen molar-refractivity contribution >= 4 is 0 Å². The van der Waals surface area contributed by atoms with Crippen LogP contribution in [0.15, 0.2) is 73.2 Å². The molecule has 0 bridgehead atoms. The van der Waals surface area contributed by atoms with E-state index < -0.39 is 0 Å². The van der Waals surface area contributed by atoms with Crippen LogP contribution < -0.4 is 5.73 Å². The molecule has 1 atom stereocenters. The topological polar surface area (TPSA) is 43.8 Å². The smallest absolute Gasteiger partial charge is 0.0957 e. The number of nitrogens with two attached hydrogens (primary N) is 1.